The number of imidazole rings is 1. The predicted molar refractivity (Wildman–Crippen MR) is 179 cm³/mol. The average molecular weight is 687 g/mol. The summed E-state index contributed by atoms with van der Waals surface area (Å²) in [5, 5.41) is 49.4. The Balaban J connectivity index is 1.33. The number of nitrogens with zero attached hydrogens (tertiary/aromatic N) is 4. The Morgan fingerprint density at radius 2 is 1.37 bits per heavy atom. The monoisotopic (exact) mass is 686 g/mol. The molecule has 14 nitrogen and oxygen atoms in total. The molecule has 0 bridgehead atoms. The van der Waals surface area contributed by atoms with Crippen LogP contribution in [0.15, 0.2) is 97.3 Å². The van der Waals surface area contributed by atoms with E-state index in [1.165, 1.54) is 6.33 Å². The summed E-state index contributed by atoms with van der Waals surface area (Å²) >= 11 is 1.04. The van der Waals surface area contributed by atoms with Gasteiger partial charge in [-0.25, -0.2) is 9.97 Å². The first-order chi connectivity index (χ1) is 23.6. The van der Waals surface area contributed by atoms with Crippen molar-refractivity contribution in [1.29, 1.82) is 0 Å². The first-order valence-electron chi connectivity index (χ1n) is 15.3. The van der Waals surface area contributed by atoms with Gasteiger partial charge in [0, 0.05) is 0 Å². The third kappa shape index (κ3) is 5.80. The second-order valence-corrected chi connectivity index (χ2v) is 12.6. The average Bonchev–Trinajstić information content (AvgIpc) is 3.75. The van der Waals surface area contributed by atoms with Gasteiger partial charge in [0.05, 0.1) is 31.1 Å². The van der Waals surface area contributed by atoms with E-state index >= 15 is 0 Å². The minimum Gasteiger partial charge on any atom is -0.388 e. The van der Waals surface area contributed by atoms with E-state index in [1.54, 1.807) is 54.6 Å². The second kappa shape index (κ2) is 13.1. The molecular formula is C34H34N6O8S. The number of hydrogen-bond acceptors (Lipinski definition) is 14. The number of fused-ring (bicyclic) bond motifs is 3. The minimum absolute atomic E-state index is 0.0820. The van der Waals surface area contributed by atoms with Crippen molar-refractivity contribution in [1.82, 2.24) is 19.5 Å². The summed E-state index contributed by atoms with van der Waals surface area (Å²) in [6, 6.07) is 26.9. The summed E-state index contributed by atoms with van der Waals surface area (Å²) in [6.07, 6.45) is -2.32. The second-order valence-electron chi connectivity index (χ2n) is 11.6. The number of thiophene rings is 1. The van der Waals surface area contributed by atoms with Crippen LogP contribution in [0, 0.1) is 0 Å². The van der Waals surface area contributed by atoms with Crippen LogP contribution in [0.2, 0.25) is 0 Å². The molecule has 1 unspecified atom stereocenters. The first kappa shape index (κ1) is 33.0. The molecule has 0 saturated carbocycles. The molecule has 7 rings (SSSR count). The molecule has 6 aromatic rings. The molecule has 5 atom stereocenters. The number of benzene rings is 3. The fourth-order valence-electron chi connectivity index (χ4n) is 5.85. The van der Waals surface area contributed by atoms with E-state index in [1.807, 2.05) is 36.4 Å². The number of anilines is 2. The number of nitrogen functional groups attached to an aromatic ring is 2. The van der Waals surface area contributed by atoms with E-state index in [2.05, 4.69) is 15.0 Å². The molecule has 15 heteroatoms. The number of aromatic nitrogens is 4. The maximum Gasteiger partial charge on any atom is 0.318 e. The molecular weight excluding hydrogens is 652 g/mol. The topological polar surface area (TPSA) is 213 Å². The number of ether oxygens (including phenoxy) is 4. The smallest absolute Gasteiger partial charge is 0.318 e. The largest absolute Gasteiger partial charge is 0.388 e. The number of hydrogen-bond donors (Lipinski definition) is 6. The van der Waals surface area contributed by atoms with Crippen LogP contribution in [0.3, 0.4) is 0 Å². The summed E-state index contributed by atoms with van der Waals surface area (Å²) in [5.41, 5.74) is 14.6. The van der Waals surface area contributed by atoms with E-state index in [0.29, 0.717) is 21.3 Å². The highest BCUT2D eigenvalue weighted by atomic mass is 32.1. The third-order valence-electron chi connectivity index (χ3n) is 8.33. The van der Waals surface area contributed by atoms with Crippen LogP contribution >= 0.6 is 11.3 Å². The molecule has 1 aliphatic heterocycles. The highest BCUT2D eigenvalue weighted by molar-refractivity contribution is 7.25. The van der Waals surface area contributed by atoms with E-state index < -0.39 is 29.7 Å². The Labute approximate surface area is 283 Å². The molecule has 3 aromatic heterocycles. The van der Waals surface area contributed by atoms with E-state index in [4.69, 9.17) is 30.4 Å². The molecule has 0 spiro atoms. The molecule has 0 radical (unpaired) electrons. The zero-order chi connectivity index (χ0) is 34.2. The fraction of sp³-hybridized carbons (Fsp3) is 0.265. The van der Waals surface area contributed by atoms with Crippen molar-refractivity contribution in [2.45, 2.75) is 49.5 Å². The van der Waals surface area contributed by atoms with Gasteiger partial charge in [0.1, 0.15) is 34.1 Å². The van der Waals surface area contributed by atoms with E-state index in [-0.39, 0.29) is 48.5 Å². The van der Waals surface area contributed by atoms with Crippen LogP contribution in [0.4, 0.5) is 11.8 Å². The van der Waals surface area contributed by atoms with Crippen LogP contribution in [0.1, 0.15) is 16.7 Å². The number of nitrogens with two attached hydrogens (primary N) is 2. The zero-order valence-electron chi connectivity index (χ0n) is 26.0. The quantitative estimate of drug-likeness (QED) is 0.102. The molecule has 3 aromatic carbocycles. The molecule has 1 aliphatic rings. The summed E-state index contributed by atoms with van der Waals surface area (Å²) in [4.78, 5) is 12.9. The minimum atomic E-state index is -3.12. The van der Waals surface area contributed by atoms with Gasteiger partial charge in [-0.3, -0.25) is 4.57 Å². The maximum atomic E-state index is 12.7. The van der Waals surface area contributed by atoms with Crippen molar-refractivity contribution in [3.05, 3.63) is 114 Å². The van der Waals surface area contributed by atoms with Gasteiger partial charge in [-0.2, -0.15) is 4.98 Å². The van der Waals surface area contributed by atoms with Crippen LogP contribution in [-0.4, -0.2) is 70.3 Å². The van der Waals surface area contributed by atoms with Gasteiger partial charge in [-0.15, -0.1) is 11.3 Å². The normalized spacial score (nSPS) is 24.5. The maximum absolute atomic E-state index is 12.7. The zero-order valence-corrected chi connectivity index (χ0v) is 26.8. The highest BCUT2D eigenvalue weighted by Gasteiger charge is 2.79. The highest BCUT2D eigenvalue weighted by Crippen LogP contribution is 2.53. The molecule has 1 saturated heterocycles. The summed E-state index contributed by atoms with van der Waals surface area (Å²) in [5.74, 6) is -9.01. The van der Waals surface area contributed by atoms with Crippen LogP contribution in [0.5, 0.6) is 0 Å². The van der Waals surface area contributed by atoms with Gasteiger partial charge in [-0.1, -0.05) is 91.0 Å². The summed E-state index contributed by atoms with van der Waals surface area (Å²) in [6.45, 7) is -0.834. The molecule has 1 fully saturated rings. The van der Waals surface area contributed by atoms with Crippen molar-refractivity contribution in [2.24, 2.45) is 0 Å². The number of rotatable bonds is 12. The Morgan fingerprint density at radius 1 is 0.796 bits per heavy atom. The molecule has 254 valence electrons. The number of aliphatic hydroxyl groups is 4. The fourth-order valence-corrected chi connectivity index (χ4v) is 6.94. The standard InChI is InChI=1S/C34H34N6O8S/c35-29-27-25(38-31(36)39-29)26-30(49-27)40(20-37-26)34(44)33(43,47-18-23-14-8-3-9-15-23)32(42,46-17-22-12-6-2-7-13-22)28(48-34)24(41)19-45-16-21-10-4-1-5-11-21/h1-15,20,24,28,41-44H,16-19H2,(H4,35,36,38,39)/t24?,28-,32+,33+,34+/m1/s1. The van der Waals surface area contributed by atoms with Crippen molar-refractivity contribution in [2.75, 3.05) is 18.1 Å². The van der Waals surface area contributed by atoms with E-state index in [9.17, 15) is 20.4 Å². The van der Waals surface area contributed by atoms with Crippen LogP contribution in [0.25, 0.3) is 20.6 Å². The lowest BCUT2D eigenvalue weighted by molar-refractivity contribution is -0.447. The van der Waals surface area contributed by atoms with Crippen molar-refractivity contribution in [3.8, 4) is 0 Å². The van der Waals surface area contributed by atoms with Crippen LogP contribution in [-0.2, 0) is 44.7 Å². The van der Waals surface area contributed by atoms with E-state index in [0.717, 1.165) is 21.5 Å². The predicted octanol–water partition coefficient (Wildman–Crippen LogP) is 2.60. The molecule has 49 heavy (non-hydrogen) atoms. The molecule has 0 amide bonds. The van der Waals surface area contributed by atoms with Gasteiger partial charge in [0.25, 0.3) is 5.79 Å². The van der Waals surface area contributed by atoms with Crippen molar-refractivity contribution < 1.29 is 39.4 Å². The van der Waals surface area contributed by atoms with Gasteiger partial charge in [0.15, 0.2) is 6.10 Å². The Hall–Kier alpha value is -4.55. The number of aliphatic hydroxyl groups excluding tert-OH is 1. The van der Waals surface area contributed by atoms with Gasteiger partial charge in [0.2, 0.25) is 5.95 Å². The molecule has 0 aliphatic carbocycles. The first-order valence-corrected chi connectivity index (χ1v) is 16.1. The van der Waals surface area contributed by atoms with Gasteiger partial charge in [-0.05, 0) is 16.7 Å². The van der Waals surface area contributed by atoms with Gasteiger partial charge < -0.3 is 50.8 Å². The van der Waals surface area contributed by atoms with Crippen molar-refractivity contribution >= 4 is 43.7 Å². The van der Waals surface area contributed by atoms with Gasteiger partial charge >= 0.3 is 11.7 Å². The SMILES string of the molecule is Nc1nc(N)c2sc3c(ncn3[C@@]3(O)O[C@H](C(O)COCc4ccccc4)[C@](O)(OCc4ccccc4)[C@]3(O)OCc3ccccc3)c2n1. The van der Waals surface area contributed by atoms with Crippen molar-refractivity contribution in [3.63, 3.8) is 0 Å². The molecule has 8 N–H and O–H groups in total. The Kier molecular flexibility index (Phi) is 8.78. The van der Waals surface area contributed by atoms with Crippen LogP contribution < -0.4 is 11.5 Å². The molecule has 4 heterocycles. The third-order valence-corrected chi connectivity index (χ3v) is 9.52. The summed E-state index contributed by atoms with van der Waals surface area (Å²) < 4.78 is 25.6. The Bertz CT molecular complexity index is 2050. The Morgan fingerprint density at radius 3 is 1.98 bits per heavy atom. The lowest BCUT2D eigenvalue weighted by Gasteiger charge is -2.42. The summed E-state index contributed by atoms with van der Waals surface area (Å²) in [7, 11) is 0. The lowest BCUT2D eigenvalue weighted by atomic mass is 9.96. The lowest BCUT2D eigenvalue weighted by Crippen LogP contribution is -2.67.